The van der Waals surface area contributed by atoms with Crippen LogP contribution < -0.4 is 0 Å². The van der Waals surface area contributed by atoms with E-state index in [0.29, 0.717) is 11.1 Å². The van der Waals surface area contributed by atoms with Crippen LogP contribution in [0.25, 0.3) is 0 Å². The van der Waals surface area contributed by atoms with Crippen LogP contribution in [0.5, 0.6) is 5.75 Å². The average Bonchev–Trinajstić information content (AvgIpc) is 2.57. The summed E-state index contributed by atoms with van der Waals surface area (Å²) in [6.07, 6.45) is -4.44. The first kappa shape index (κ1) is 19.3. The Balaban J connectivity index is 2.51. The van der Waals surface area contributed by atoms with Crippen molar-refractivity contribution in [2.75, 3.05) is 6.67 Å². The van der Waals surface area contributed by atoms with Crippen LogP contribution in [0.3, 0.4) is 0 Å². The summed E-state index contributed by atoms with van der Waals surface area (Å²) >= 11 is 0. The van der Waals surface area contributed by atoms with Crippen molar-refractivity contribution in [3.05, 3.63) is 64.2 Å². The maximum Gasteiger partial charge on any atom is 0.421 e. The normalized spacial score (nSPS) is 10.9. The molecule has 0 atom stereocenters. The Morgan fingerprint density at radius 2 is 1.77 bits per heavy atom. The first-order valence-corrected chi connectivity index (χ1v) is 7.57. The number of hydrogen-bond donors (Lipinski definition) is 2. The first-order valence-electron chi connectivity index (χ1n) is 7.57. The number of benzene rings is 2. The second-order valence-corrected chi connectivity index (χ2v) is 5.42. The van der Waals surface area contributed by atoms with Gasteiger partial charge in [-0.05, 0) is 48.7 Å². The van der Waals surface area contributed by atoms with E-state index >= 15 is 0 Å². The van der Waals surface area contributed by atoms with Gasteiger partial charge in [0, 0.05) is 11.1 Å². The van der Waals surface area contributed by atoms with Crippen molar-refractivity contribution in [2.45, 2.75) is 19.0 Å². The quantitative estimate of drug-likeness (QED) is 0.622. The zero-order valence-electron chi connectivity index (χ0n) is 13.4. The Labute approximate surface area is 146 Å². The zero-order chi connectivity index (χ0) is 19.3. The van der Waals surface area contributed by atoms with Crippen LogP contribution in [0.1, 0.15) is 39.0 Å². The molecule has 0 radical (unpaired) electrons. The Morgan fingerprint density at radius 3 is 2.38 bits per heavy atom. The summed E-state index contributed by atoms with van der Waals surface area (Å²) in [6.45, 7) is -0.616. The molecule has 0 saturated heterocycles. The van der Waals surface area contributed by atoms with Crippen molar-refractivity contribution in [1.82, 2.24) is 0 Å². The van der Waals surface area contributed by atoms with Gasteiger partial charge >= 0.3 is 12.1 Å². The molecule has 0 fully saturated rings. The van der Waals surface area contributed by atoms with Crippen LogP contribution in [0.4, 0.5) is 17.6 Å². The van der Waals surface area contributed by atoms with Gasteiger partial charge in [-0.2, -0.15) is 13.2 Å². The van der Waals surface area contributed by atoms with Crippen LogP contribution in [-0.4, -0.2) is 22.9 Å². The molecule has 7 heteroatoms. The van der Waals surface area contributed by atoms with Gasteiger partial charge in [-0.3, -0.25) is 4.39 Å². The number of aromatic carboxylic acids is 1. The highest BCUT2D eigenvalue weighted by atomic mass is 19.4. The van der Waals surface area contributed by atoms with Crippen LogP contribution in [0.2, 0.25) is 0 Å². The number of phenolic OH excluding ortho intramolecular Hbond substituents is 1. The molecule has 0 spiro atoms. The van der Waals surface area contributed by atoms with Crippen LogP contribution >= 0.6 is 0 Å². The number of phenols is 1. The average molecular weight is 366 g/mol. The Hall–Kier alpha value is -3.01. The van der Waals surface area contributed by atoms with Gasteiger partial charge in [0.15, 0.2) is 0 Å². The summed E-state index contributed by atoms with van der Waals surface area (Å²) in [5.74, 6) is 2.84. The van der Waals surface area contributed by atoms with Gasteiger partial charge in [0.05, 0.1) is 12.2 Å². The van der Waals surface area contributed by atoms with Crippen molar-refractivity contribution in [1.29, 1.82) is 0 Å². The van der Waals surface area contributed by atoms with Crippen molar-refractivity contribution < 1.29 is 32.6 Å². The van der Waals surface area contributed by atoms with Crippen molar-refractivity contribution in [3.8, 4) is 17.6 Å². The number of alkyl halides is 4. The molecule has 2 aromatic carbocycles. The maximum absolute atomic E-state index is 13.1. The van der Waals surface area contributed by atoms with E-state index in [1.165, 1.54) is 24.3 Å². The topological polar surface area (TPSA) is 57.5 Å². The van der Waals surface area contributed by atoms with Crippen LogP contribution in [-0.2, 0) is 12.6 Å². The monoisotopic (exact) mass is 366 g/mol. The molecule has 26 heavy (non-hydrogen) atoms. The molecular weight excluding hydrogens is 352 g/mol. The molecule has 0 amide bonds. The third kappa shape index (κ3) is 4.54. The van der Waals surface area contributed by atoms with E-state index in [4.69, 9.17) is 5.11 Å². The van der Waals surface area contributed by atoms with Gasteiger partial charge in [0.25, 0.3) is 0 Å². The molecule has 0 aliphatic heterocycles. The van der Waals surface area contributed by atoms with Crippen LogP contribution in [0, 0.1) is 11.8 Å². The summed E-state index contributed by atoms with van der Waals surface area (Å²) in [7, 11) is 0. The lowest BCUT2D eigenvalue weighted by Gasteiger charge is -2.10. The van der Waals surface area contributed by atoms with Gasteiger partial charge < -0.3 is 10.2 Å². The third-order valence-corrected chi connectivity index (χ3v) is 3.59. The lowest BCUT2D eigenvalue weighted by molar-refractivity contribution is -0.138. The number of carboxylic acids is 1. The molecule has 0 aliphatic rings. The lowest BCUT2D eigenvalue weighted by Crippen LogP contribution is -2.08. The van der Waals surface area contributed by atoms with E-state index in [1.807, 2.05) is 0 Å². The molecule has 2 N–H and O–H groups in total. The number of aromatic hydroxyl groups is 1. The molecular formula is C19H14F4O3. The first-order chi connectivity index (χ1) is 12.2. The smallest absolute Gasteiger partial charge is 0.421 e. The number of rotatable bonds is 4. The molecule has 2 rings (SSSR count). The molecule has 0 aromatic heterocycles. The summed E-state index contributed by atoms with van der Waals surface area (Å²) < 4.78 is 51.7. The van der Waals surface area contributed by atoms with Crippen molar-refractivity contribution in [3.63, 3.8) is 0 Å². The highest BCUT2D eigenvalue weighted by Crippen LogP contribution is 2.37. The SMILES string of the molecule is O=C(O)c1ccc(C#Cc2cccc(O)c2C(F)(F)F)c(CCCF)c1. The van der Waals surface area contributed by atoms with Gasteiger partial charge in [0.2, 0.25) is 0 Å². The van der Waals surface area contributed by atoms with Gasteiger partial charge in [0.1, 0.15) is 11.3 Å². The Morgan fingerprint density at radius 1 is 1.08 bits per heavy atom. The fourth-order valence-corrected chi connectivity index (χ4v) is 2.39. The number of hydrogen-bond acceptors (Lipinski definition) is 2. The standard InChI is InChI=1S/C19H14F4O3/c20-10-2-4-14-11-15(18(25)26)9-7-12(14)6-8-13-3-1-5-16(24)17(13)19(21,22)23/h1,3,5,7,9,11,24H,2,4,10H2,(H,25,26). The largest absolute Gasteiger partial charge is 0.507 e. The molecule has 0 aliphatic carbocycles. The molecule has 0 heterocycles. The van der Waals surface area contributed by atoms with E-state index in [9.17, 15) is 27.5 Å². The summed E-state index contributed by atoms with van der Waals surface area (Å²) in [6, 6.07) is 7.27. The van der Waals surface area contributed by atoms with E-state index in [1.54, 1.807) is 0 Å². The highest BCUT2D eigenvalue weighted by molar-refractivity contribution is 5.88. The summed E-state index contributed by atoms with van der Waals surface area (Å²) in [5, 5.41) is 18.5. The number of carbonyl (C=O) groups is 1. The zero-order valence-corrected chi connectivity index (χ0v) is 13.4. The minimum atomic E-state index is -4.78. The molecule has 2 aromatic rings. The molecule has 0 unspecified atom stereocenters. The third-order valence-electron chi connectivity index (χ3n) is 3.59. The fourth-order valence-electron chi connectivity index (χ4n) is 2.39. The molecule has 136 valence electrons. The molecule has 3 nitrogen and oxygen atoms in total. The Bertz CT molecular complexity index is 877. The summed E-state index contributed by atoms with van der Waals surface area (Å²) in [5.41, 5.74) is -0.919. The second-order valence-electron chi connectivity index (χ2n) is 5.42. The van der Waals surface area contributed by atoms with E-state index < -0.39 is 35.7 Å². The highest BCUT2D eigenvalue weighted by Gasteiger charge is 2.36. The van der Waals surface area contributed by atoms with Gasteiger partial charge in [-0.1, -0.05) is 17.9 Å². The van der Waals surface area contributed by atoms with Gasteiger partial charge in [-0.15, -0.1) is 0 Å². The van der Waals surface area contributed by atoms with E-state index in [0.717, 1.165) is 12.1 Å². The predicted octanol–water partition coefficient (Wildman–Crippen LogP) is 4.41. The molecule has 0 saturated carbocycles. The number of aryl methyl sites for hydroxylation is 1. The van der Waals surface area contributed by atoms with Crippen molar-refractivity contribution in [2.24, 2.45) is 0 Å². The van der Waals surface area contributed by atoms with E-state index in [-0.39, 0.29) is 18.4 Å². The van der Waals surface area contributed by atoms with Crippen molar-refractivity contribution >= 4 is 5.97 Å². The molecule has 0 bridgehead atoms. The number of halogens is 4. The summed E-state index contributed by atoms with van der Waals surface area (Å²) in [4.78, 5) is 11.0. The Kier molecular flexibility index (Phi) is 5.88. The predicted molar refractivity (Wildman–Crippen MR) is 86.8 cm³/mol. The second kappa shape index (κ2) is 7.91. The van der Waals surface area contributed by atoms with Crippen LogP contribution in [0.15, 0.2) is 36.4 Å². The fraction of sp³-hybridized carbons (Fsp3) is 0.211. The van der Waals surface area contributed by atoms with Gasteiger partial charge in [-0.25, -0.2) is 4.79 Å². The number of carboxylic acid groups (broad SMARTS) is 1. The lowest BCUT2D eigenvalue weighted by atomic mass is 9.99. The van der Waals surface area contributed by atoms with E-state index in [2.05, 4.69) is 11.8 Å². The minimum Gasteiger partial charge on any atom is -0.507 e. The maximum atomic E-state index is 13.1. The minimum absolute atomic E-state index is 0.0160.